The topological polar surface area (TPSA) is 95.0 Å². The van der Waals surface area contributed by atoms with E-state index in [1.165, 1.54) is 6.33 Å². The first kappa shape index (κ1) is 16.4. The van der Waals surface area contributed by atoms with Gasteiger partial charge in [0.15, 0.2) is 5.82 Å². The van der Waals surface area contributed by atoms with Crippen molar-refractivity contribution in [3.8, 4) is 6.07 Å². The highest BCUT2D eigenvalue weighted by molar-refractivity contribution is 6.35. The lowest BCUT2D eigenvalue weighted by Crippen LogP contribution is -2.47. The van der Waals surface area contributed by atoms with Crippen molar-refractivity contribution in [1.82, 2.24) is 15.0 Å². The smallest absolute Gasteiger partial charge is 0.153 e. The van der Waals surface area contributed by atoms with Crippen LogP contribution in [0.3, 0.4) is 0 Å². The summed E-state index contributed by atoms with van der Waals surface area (Å²) in [6, 6.07) is 10.1. The maximum absolute atomic E-state index is 9.53. The number of fused-ring (bicyclic) bond motifs is 1. The normalized spacial score (nSPS) is 14.5. The van der Waals surface area contributed by atoms with Gasteiger partial charge in [-0.3, -0.25) is 4.98 Å². The molecular formula is C18H16ClN7. The number of nitriles is 1. The molecule has 2 aromatic heterocycles. The summed E-state index contributed by atoms with van der Waals surface area (Å²) in [7, 11) is 0. The molecule has 3 aromatic rings. The Morgan fingerprint density at radius 2 is 1.77 bits per heavy atom. The number of nitrogen functional groups attached to an aromatic ring is 1. The van der Waals surface area contributed by atoms with Crippen LogP contribution in [0.2, 0.25) is 5.02 Å². The molecule has 7 nitrogen and oxygen atoms in total. The fraction of sp³-hybridized carbons (Fsp3) is 0.222. The van der Waals surface area contributed by atoms with Crippen LogP contribution >= 0.6 is 11.6 Å². The van der Waals surface area contributed by atoms with Crippen LogP contribution in [0.15, 0.2) is 36.8 Å². The number of hydrogen-bond acceptors (Lipinski definition) is 7. The number of anilines is 3. The first-order valence-corrected chi connectivity index (χ1v) is 8.60. The molecule has 0 unspecified atom stereocenters. The molecule has 8 heteroatoms. The van der Waals surface area contributed by atoms with Crippen LogP contribution < -0.4 is 15.5 Å². The van der Waals surface area contributed by atoms with Crippen LogP contribution in [0, 0.1) is 11.3 Å². The summed E-state index contributed by atoms with van der Waals surface area (Å²) in [6.07, 6.45) is 3.07. The Morgan fingerprint density at radius 1 is 1.04 bits per heavy atom. The molecule has 4 rings (SSSR count). The highest BCUT2D eigenvalue weighted by Gasteiger charge is 2.24. The number of aromatic nitrogens is 3. The number of rotatable bonds is 2. The third-order valence-electron chi connectivity index (χ3n) is 4.56. The second-order valence-electron chi connectivity index (χ2n) is 6.02. The highest BCUT2D eigenvalue weighted by Crippen LogP contribution is 2.32. The molecule has 1 aliphatic heterocycles. The maximum atomic E-state index is 9.53. The van der Waals surface area contributed by atoms with Gasteiger partial charge in [0.25, 0.3) is 0 Å². The largest absolute Gasteiger partial charge is 0.382 e. The van der Waals surface area contributed by atoms with Gasteiger partial charge in [0.05, 0.1) is 16.8 Å². The van der Waals surface area contributed by atoms with Crippen LogP contribution in [0.4, 0.5) is 17.3 Å². The van der Waals surface area contributed by atoms with E-state index in [0.29, 0.717) is 16.4 Å². The van der Waals surface area contributed by atoms with Gasteiger partial charge in [0, 0.05) is 37.8 Å². The first-order valence-electron chi connectivity index (χ1n) is 8.22. The van der Waals surface area contributed by atoms with E-state index < -0.39 is 0 Å². The van der Waals surface area contributed by atoms with E-state index in [1.54, 1.807) is 6.20 Å². The van der Waals surface area contributed by atoms with Gasteiger partial charge in [-0.05, 0) is 6.07 Å². The Bertz CT molecular complexity index is 1010. The summed E-state index contributed by atoms with van der Waals surface area (Å²) in [6.45, 7) is 2.92. The number of halogens is 1. The number of pyridine rings is 1. The maximum Gasteiger partial charge on any atom is 0.153 e. The zero-order chi connectivity index (χ0) is 18.1. The molecule has 0 amide bonds. The van der Waals surface area contributed by atoms with E-state index in [9.17, 15) is 5.26 Å². The van der Waals surface area contributed by atoms with Crippen molar-refractivity contribution < 1.29 is 0 Å². The lowest BCUT2D eigenvalue weighted by Gasteiger charge is -2.37. The molecule has 0 aliphatic carbocycles. The van der Waals surface area contributed by atoms with E-state index in [0.717, 1.165) is 42.8 Å². The van der Waals surface area contributed by atoms with E-state index in [2.05, 4.69) is 30.8 Å². The predicted molar refractivity (Wildman–Crippen MR) is 102 cm³/mol. The average Bonchev–Trinajstić information content (AvgIpc) is 2.69. The van der Waals surface area contributed by atoms with E-state index >= 15 is 0 Å². The van der Waals surface area contributed by atoms with Gasteiger partial charge in [-0.25, -0.2) is 9.97 Å². The second kappa shape index (κ2) is 6.65. The van der Waals surface area contributed by atoms with Crippen molar-refractivity contribution in [3.63, 3.8) is 0 Å². The number of nitrogens with zero attached hydrogens (tertiary/aromatic N) is 6. The quantitative estimate of drug-likeness (QED) is 0.745. The molecule has 0 saturated carbocycles. The van der Waals surface area contributed by atoms with Gasteiger partial charge >= 0.3 is 0 Å². The summed E-state index contributed by atoms with van der Waals surface area (Å²) in [5.74, 6) is 0.935. The molecule has 0 atom stereocenters. The van der Waals surface area contributed by atoms with Crippen molar-refractivity contribution >= 4 is 39.8 Å². The molecule has 1 aromatic carbocycles. The van der Waals surface area contributed by atoms with Gasteiger partial charge < -0.3 is 15.5 Å². The van der Waals surface area contributed by atoms with Crippen LogP contribution in [-0.4, -0.2) is 41.1 Å². The predicted octanol–water partition coefficient (Wildman–Crippen LogP) is 2.46. The summed E-state index contributed by atoms with van der Waals surface area (Å²) in [5, 5.41) is 10.9. The summed E-state index contributed by atoms with van der Waals surface area (Å²) in [4.78, 5) is 16.9. The molecule has 0 radical (unpaired) electrons. The molecule has 0 bridgehead atoms. The minimum Gasteiger partial charge on any atom is -0.382 e. The van der Waals surface area contributed by atoms with Crippen molar-refractivity contribution in [2.75, 3.05) is 41.7 Å². The number of nitrogens with two attached hydrogens (primary N) is 1. The molecule has 130 valence electrons. The number of hydrogen-bond donors (Lipinski definition) is 1. The lowest BCUT2D eigenvalue weighted by molar-refractivity contribution is 0.648. The molecule has 2 N–H and O–H groups in total. The van der Waals surface area contributed by atoms with E-state index in [-0.39, 0.29) is 5.82 Å². The van der Waals surface area contributed by atoms with E-state index in [4.69, 9.17) is 17.3 Å². The van der Waals surface area contributed by atoms with Crippen molar-refractivity contribution in [2.45, 2.75) is 0 Å². The second-order valence-corrected chi connectivity index (χ2v) is 6.40. The molecule has 3 heterocycles. The van der Waals surface area contributed by atoms with Crippen molar-refractivity contribution in [2.24, 2.45) is 0 Å². The van der Waals surface area contributed by atoms with Crippen LogP contribution in [0.1, 0.15) is 5.56 Å². The Morgan fingerprint density at radius 3 is 2.54 bits per heavy atom. The fourth-order valence-corrected chi connectivity index (χ4v) is 3.50. The Kier molecular flexibility index (Phi) is 4.19. The monoisotopic (exact) mass is 365 g/mol. The van der Waals surface area contributed by atoms with Crippen molar-refractivity contribution in [1.29, 1.82) is 5.26 Å². The fourth-order valence-electron chi connectivity index (χ4n) is 3.29. The zero-order valence-electron chi connectivity index (χ0n) is 13.9. The minimum atomic E-state index is 0.283. The molecule has 1 aliphatic rings. The van der Waals surface area contributed by atoms with Gasteiger partial charge in [0.1, 0.15) is 23.2 Å². The summed E-state index contributed by atoms with van der Waals surface area (Å²) >= 11 is 6.25. The molecule has 1 fully saturated rings. The number of para-hydroxylation sites is 1. The molecule has 26 heavy (non-hydrogen) atoms. The van der Waals surface area contributed by atoms with Gasteiger partial charge in [0.2, 0.25) is 0 Å². The van der Waals surface area contributed by atoms with Gasteiger partial charge in [-0.2, -0.15) is 5.26 Å². The SMILES string of the molecule is N#Cc1cnc2ccccc2c1N1CCN(c2ncnc(N)c2Cl)CC1. The third-order valence-corrected chi connectivity index (χ3v) is 4.92. The highest BCUT2D eigenvalue weighted by atomic mass is 35.5. The lowest BCUT2D eigenvalue weighted by atomic mass is 10.1. The summed E-state index contributed by atoms with van der Waals surface area (Å²) < 4.78 is 0. The Balaban J connectivity index is 1.64. The Labute approximate surface area is 155 Å². The molecule has 0 spiro atoms. The van der Waals surface area contributed by atoms with Crippen LogP contribution in [-0.2, 0) is 0 Å². The zero-order valence-corrected chi connectivity index (χ0v) is 14.7. The number of benzene rings is 1. The van der Waals surface area contributed by atoms with Crippen LogP contribution in [0.5, 0.6) is 0 Å². The molecule has 1 saturated heterocycles. The number of piperazine rings is 1. The van der Waals surface area contributed by atoms with Gasteiger partial charge in [-0.1, -0.05) is 29.8 Å². The van der Waals surface area contributed by atoms with Crippen LogP contribution in [0.25, 0.3) is 10.9 Å². The van der Waals surface area contributed by atoms with Gasteiger partial charge in [-0.15, -0.1) is 0 Å². The van der Waals surface area contributed by atoms with Crippen molar-refractivity contribution in [3.05, 3.63) is 47.4 Å². The standard InChI is InChI=1S/C18H16ClN7/c19-15-17(21)23-11-24-18(15)26-7-5-25(6-8-26)16-12(9-20)10-22-14-4-2-1-3-13(14)16/h1-4,10-11H,5-8H2,(H2,21,23,24). The molecular weight excluding hydrogens is 350 g/mol. The summed E-state index contributed by atoms with van der Waals surface area (Å²) in [5.41, 5.74) is 8.19. The van der Waals surface area contributed by atoms with E-state index in [1.807, 2.05) is 24.3 Å². The average molecular weight is 366 g/mol. The first-order chi connectivity index (χ1) is 12.7. The minimum absolute atomic E-state index is 0.283. The third kappa shape index (κ3) is 2.74. The Hall–Kier alpha value is -3.11.